The van der Waals surface area contributed by atoms with Crippen molar-refractivity contribution in [3.8, 4) is 17.6 Å². The van der Waals surface area contributed by atoms with Gasteiger partial charge < -0.3 is 23.7 Å². The van der Waals surface area contributed by atoms with E-state index >= 15 is 0 Å². The summed E-state index contributed by atoms with van der Waals surface area (Å²) in [6.45, 7) is 5.75. The lowest BCUT2D eigenvalue weighted by molar-refractivity contribution is 0.340. The highest BCUT2D eigenvalue weighted by atomic mass is 16.5. The summed E-state index contributed by atoms with van der Waals surface area (Å²) in [5.41, 5.74) is 2.47. The molecule has 2 heterocycles. The zero-order valence-electron chi connectivity index (χ0n) is 18.3. The molecule has 0 spiro atoms. The van der Waals surface area contributed by atoms with E-state index in [0.29, 0.717) is 24.1 Å². The van der Waals surface area contributed by atoms with Crippen molar-refractivity contribution in [2.75, 3.05) is 49.7 Å². The first-order valence-corrected chi connectivity index (χ1v) is 10.7. The molecular weight excluding hydrogens is 404 g/mol. The molecule has 1 aromatic heterocycles. The van der Waals surface area contributed by atoms with Gasteiger partial charge in [-0.25, -0.2) is 0 Å². The first-order valence-electron chi connectivity index (χ1n) is 10.7. The number of hydrogen-bond acceptors (Lipinski definition) is 7. The van der Waals surface area contributed by atoms with Crippen LogP contribution in [0.1, 0.15) is 24.1 Å². The van der Waals surface area contributed by atoms with Gasteiger partial charge in [-0.05, 0) is 55.0 Å². The second-order valence-corrected chi connectivity index (χ2v) is 7.33. The van der Waals surface area contributed by atoms with E-state index in [1.807, 2.05) is 49.4 Å². The molecule has 0 amide bonds. The molecule has 0 saturated carbocycles. The maximum absolute atomic E-state index is 9.55. The highest BCUT2D eigenvalue weighted by molar-refractivity contribution is 5.67. The first-order chi connectivity index (χ1) is 15.7. The van der Waals surface area contributed by atoms with Crippen LogP contribution in [0.3, 0.4) is 0 Å². The van der Waals surface area contributed by atoms with Crippen LogP contribution in [0.2, 0.25) is 0 Å². The average molecular weight is 431 g/mol. The Balaban J connectivity index is 1.41. The topological polar surface area (TPSA) is 74.8 Å². The van der Waals surface area contributed by atoms with Gasteiger partial charge in [0.1, 0.15) is 17.6 Å². The van der Waals surface area contributed by atoms with Crippen molar-refractivity contribution in [3.63, 3.8) is 0 Å². The highest BCUT2D eigenvalue weighted by Gasteiger charge is 2.24. The van der Waals surface area contributed by atoms with Crippen molar-refractivity contribution < 1.29 is 13.9 Å². The fourth-order valence-electron chi connectivity index (χ4n) is 3.66. The van der Waals surface area contributed by atoms with Crippen LogP contribution in [0, 0.1) is 11.3 Å². The number of aromatic nitrogens is 1. The average Bonchev–Trinajstić information content (AvgIpc) is 3.27. The van der Waals surface area contributed by atoms with Crippen LogP contribution < -0.4 is 19.3 Å². The lowest BCUT2D eigenvalue weighted by atomic mass is 10.2. The third kappa shape index (κ3) is 4.86. The number of nitrogens with zero attached hydrogens (tertiary/aromatic N) is 4. The maximum atomic E-state index is 9.55. The van der Waals surface area contributed by atoms with E-state index in [9.17, 15) is 5.26 Å². The van der Waals surface area contributed by atoms with Crippen LogP contribution in [0.15, 0.2) is 52.9 Å². The summed E-state index contributed by atoms with van der Waals surface area (Å²) in [5.74, 6) is 2.64. The number of rotatable bonds is 7. The van der Waals surface area contributed by atoms with Crippen LogP contribution in [-0.2, 0) is 0 Å². The summed E-state index contributed by atoms with van der Waals surface area (Å²) >= 11 is 0. The van der Waals surface area contributed by atoms with Gasteiger partial charge in [0, 0.05) is 37.9 Å². The molecule has 4 rings (SSSR count). The fourth-order valence-corrected chi connectivity index (χ4v) is 3.66. The van der Waals surface area contributed by atoms with E-state index < -0.39 is 0 Å². The zero-order chi connectivity index (χ0) is 22.3. The van der Waals surface area contributed by atoms with Crippen LogP contribution in [-0.4, -0.2) is 44.9 Å². The summed E-state index contributed by atoms with van der Waals surface area (Å²) in [7, 11) is 1.67. The van der Waals surface area contributed by atoms with Crippen LogP contribution >= 0.6 is 0 Å². The van der Waals surface area contributed by atoms with Crippen molar-refractivity contribution in [3.05, 3.63) is 65.7 Å². The Hall–Kier alpha value is -3.92. The Morgan fingerprint density at radius 1 is 0.969 bits per heavy atom. The van der Waals surface area contributed by atoms with E-state index in [0.717, 1.165) is 48.9 Å². The van der Waals surface area contributed by atoms with Gasteiger partial charge >= 0.3 is 0 Å². The Kier molecular flexibility index (Phi) is 6.61. The van der Waals surface area contributed by atoms with Gasteiger partial charge in [0.15, 0.2) is 0 Å². The van der Waals surface area contributed by atoms with Gasteiger partial charge in [-0.3, -0.25) is 0 Å². The van der Waals surface area contributed by atoms with Gasteiger partial charge in [0.05, 0.1) is 13.7 Å². The highest BCUT2D eigenvalue weighted by Crippen LogP contribution is 2.26. The second kappa shape index (κ2) is 9.92. The Bertz CT molecular complexity index is 1090. The van der Waals surface area contributed by atoms with Crippen molar-refractivity contribution in [2.45, 2.75) is 6.92 Å². The molecule has 164 valence electrons. The summed E-state index contributed by atoms with van der Waals surface area (Å²) in [5, 5.41) is 9.55. The van der Waals surface area contributed by atoms with Crippen LogP contribution in [0.4, 0.5) is 11.6 Å². The van der Waals surface area contributed by atoms with Gasteiger partial charge in [0.25, 0.3) is 0 Å². The molecule has 0 bridgehead atoms. The molecule has 2 aromatic carbocycles. The first kappa shape index (κ1) is 21.3. The van der Waals surface area contributed by atoms with Gasteiger partial charge in [-0.2, -0.15) is 10.2 Å². The molecule has 0 atom stereocenters. The Labute approximate surface area is 188 Å². The van der Waals surface area contributed by atoms with E-state index in [-0.39, 0.29) is 0 Å². The van der Waals surface area contributed by atoms with Gasteiger partial charge in [-0.1, -0.05) is 12.1 Å². The normalized spacial score (nSPS) is 13.9. The summed E-state index contributed by atoms with van der Waals surface area (Å²) in [6, 6.07) is 18.0. The van der Waals surface area contributed by atoms with Crippen LogP contribution in [0.25, 0.3) is 12.2 Å². The molecule has 0 aliphatic carbocycles. The number of methoxy groups -OCH3 is 1. The molecule has 7 heteroatoms. The molecule has 7 nitrogen and oxygen atoms in total. The predicted molar refractivity (Wildman–Crippen MR) is 125 cm³/mol. The molecular formula is C25H26N4O3. The molecule has 1 fully saturated rings. The molecule has 1 aliphatic heterocycles. The van der Waals surface area contributed by atoms with E-state index in [1.165, 1.54) is 0 Å². The largest absolute Gasteiger partial charge is 0.497 e. The number of anilines is 2. The quantitative estimate of drug-likeness (QED) is 0.548. The van der Waals surface area contributed by atoms with E-state index in [2.05, 4.69) is 33.0 Å². The summed E-state index contributed by atoms with van der Waals surface area (Å²) in [4.78, 5) is 8.75. The number of hydrogen-bond donors (Lipinski definition) is 0. The molecule has 0 unspecified atom stereocenters. The zero-order valence-corrected chi connectivity index (χ0v) is 18.3. The third-order valence-electron chi connectivity index (χ3n) is 5.35. The lowest BCUT2D eigenvalue weighted by Crippen LogP contribution is -2.46. The second-order valence-electron chi connectivity index (χ2n) is 7.33. The van der Waals surface area contributed by atoms with Crippen molar-refractivity contribution in [2.24, 2.45) is 0 Å². The Morgan fingerprint density at radius 2 is 1.62 bits per heavy atom. The molecule has 1 saturated heterocycles. The van der Waals surface area contributed by atoms with Crippen molar-refractivity contribution >= 4 is 23.7 Å². The Morgan fingerprint density at radius 3 is 2.25 bits per heavy atom. The molecule has 32 heavy (non-hydrogen) atoms. The molecule has 1 aliphatic rings. The van der Waals surface area contributed by atoms with Crippen LogP contribution in [0.5, 0.6) is 11.5 Å². The predicted octanol–water partition coefficient (Wildman–Crippen LogP) is 4.45. The number of ether oxygens (including phenoxy) is 2. The fraction of sp³-hybridized carbons (Fsp3) is 0.280. The van der Waals surface area contributed by atoms with Crippen molar-refractivity contribution in [1.29, 1.82) is 5.26 Å². The van der Waals surface area contributed by atoms with Crippen molar-refractivity contribution in [1.82, 2.24) is 4.98 Å². The number of benzene rings is 2. The molecule has 3 aromatic rings. The third-order valence-corrected chi connectivity index (χ3v) is 5.35. The maximum Gasteiger partial charge on any atom is 0.235 e. The van der Waals surface area contributed by atoms with Gasteiger partial charge in [-0.15, -0.1) is 0 Å². The number of oxazole rings is 1. The molecule has 0 radical (unpaired) electrons. The monoisotopic (exact) mass is 430 g/mol. The summed E-state index contributed by atoms with van der Waals surface area (Å²) < 4.78 is 16.6. The smallest absolute Gasteiger partial charge is 0.235 e. The van der Waals surface area contributed by atoms with E-state index in [1.54, 1.807) is 13.2 Å². The minimum Gasteiger partial charge on any atom is -0.497 e. The minimum absolute atomic E-state index is 0.314. The standard InChI is InChI=1S/C25H26N4O3/c1-3-31-22-9-4-19(5-10-22)6-13-24-27-23(18-26)25(32-24)29-16-14-28(15-17-29)20-7-11-21(30-2)12-8-20/h4-13H,3,14-17H2,1-2H3/b13-6+. The van der Waals surface area contributed by atoms with Gasteiger partial charge in [0.2, 0.25) is 17.5 Å². The number of nitriles is 1. The minimum atomic E-state index is 0.314. The number of piperazine rings is 1. The lowest BCUT2D eigenvalue weighted by Gasteiger charge is -2.35. The van der Waals surface area contributed by atoms with E-state index in [4.69, 9.17) is 13.9 Å². The summed E-state index contributed by atoms with van der Waals surface area (Å²) in [6.07, 6.45) is 3.70. The SMILES string of the molecule is CCOc1ccc(/C=C/c2nc(C#N)c(N3CCN(c4ccc(OC)cc4)CC3)o2)cc1. The molecule has 0 N–H and O–H groups in total.